The summed E-state index contributed by atoms with van der Waals surface area (Å²) in [6, 6.07) is 0. The van der Waals surface area contributed by atoms with Gasteiger partial charge >= 0.3 is 5.97 Å². The lowest BCUT2D eigenvalue weighted by Crippen LogP contribution is -2.46. The van der Waals surface area contributed by atoms with Gasteiger partial charge in [0.25, 0.3) is 0 Å². The summed E-state index contributed by atoms with van der Waals surface area (Å²) in [6.45, 7) is 3.86. The first-order chi connectivity index (χ1) is 8.59. The molecule has 0 unspecified atom stereocenters. The molecule has 0 aromatic carbocycles. The van der Waals surface area contributed by atoms with E-state index in [1.54, 1.807) is 30.8 Å². The lowest BCUT2D eigenvalue weighted by molar-refractivity contribution is -0.133. The van der Waals surface area contributed by atoms with Crippen LogP contribution < -0.4 is 4.72 Å². The van der Waals surface area contributed by atoms with E-state index in [-0.39, 0.29) is 5.75 Å². The van der Waals surface area contributed by atoms with Crippen LogP contribution in [0.25, 0.3) is 0 Å². The normalized spacial score (nSPS) is 12.6. The summed E-state index contributed by atoms with van der Waals surface area (Å²) < 4.78 is 26.8. The van der Waals surface area contributed by atoms with Crippen LogP contribution in [-0.2, 0) is 21.4 Å². The monoisotopic (exact) mass is 307 g/mol. The number of carboxylic acids is 1. The molecule has 1 heterocycles. The van der Waals surface area contributed by atoms with E-state index in [0.29, 0.717) is 11.7 Å². The van der Waals surface area contributed by atoms with Gasteiger partial charge in [-0.1, -0.05) is 11.8 Å². The molecule has 0 saturated carbocycles. The largest absolute Gasteiger partial charge is 0.481 e. The van der Waals surface area contributed by atoms with E-state index in [4.69, 9.17) is 5.11 Å². The van der Waals surface area contributed by atoms with E-state index < -0.39 is 21.5 Å². The van der Waals surface area contributed by atoms with Crippen LogP contribution in [-0.4, -0.2) is 46.6 Å². The van der Waals surface area contributed by atoms with Crippen molar-refractivity contribution in [2.45, 2.75) is 31.1 Å². The predicted octanol–water partition coefficient (Wildman–Crippen LogP) is 0.388. The molecule has 0 fully saturated rings. The summed E-state index contributed by atoms with van der Waals surface area (Å²) in [7, 11) is -3.31. The lowest BCUT2D eigenvalue weighted by atomic mass is 10.1. The molecule has 1 rings (SSSR count). The average molecular weight is 307 g/mol. The number of aromatic nitrogens is 2. The minimum absolute atomic E-state index is 0.0864. The first-order valence-electron chi connectivity index (χ1n) is 5.44. The number of nitrogens with zero attached hydrogens (tertiary/aromatic N) is 2. The molecule has 9 heteroatoms. The van der Waals surface area contributed by atoms with Crippen LogP contribution in [0.5, 0.6) is 0 Å². The van der Waals surface area contributed by atoms with Gasteiger partial charge in [0, 0.05) is 24.5 Å². The second-order valence-corrected chi connectivity index (χ2v) is 7.47. The molecule has 0 aliphatic heterocycles. The maximum Gasteiger partial charge on any atom is 0.313 e. The fourth-order valence-electron chi connectivity index (χ4n) is 1.64. The minimum atomic E-state index is -3.31. The number of carboxylic acid groups (broad SMARTS) is 1. The Hall–Kier alpha value is -1.06. The first kappa shape index (κ1) is 16.0. The molecule has 0 spiro atoms. The smallest absolute Gasteiger partial charge is 0.313 e. The zero-order chi connectivity index (χ0) is 14.7. The molecule has 0 radical (unpaired) electrons. The average Bonchev–Trinajstić information content (AvgIpc) is 2.57. The maximum atomic E-state index is 11.3. The summed E-state index contributed by atoms with van der Waals surface area (Å²) in [6.07, 6.45) is 4.35. The Morgan fingerprint density at radius 2 is 2.21 bits per heavy atom. The highest BCUT2D eigenvalue weighted by Crippen LogP contribution is 2.18. The lowest BCUT2D eigenvalue weighted by Gasteiger charge is -2.26. The number of imidazole rings is 1. The fraction of sp³-hybridized carbons (Fsp3) is 0.600. The summed E-state index contributed by atoms with van der Waals surface area (Å²) in [4.78, 5) is 14.6. The van der Waals surface area contributed by atoms with Gasteiger partial charge in [-0.15, -0.1) is 0 Å². The second-order valence-electron chi connectivity index (χ2n) is 4.78. The van der Waals surface area contributed by atoms with Gasteiger partial charge in [-0.3, -0.25) is 4.79 Å². The Balaban J connectivity index is 2.76. The minimum Gasteiger partial charge on any atom is -0.481 e. The van der Waals surface area contributed by atoms with Gasteiger partial charge in [-0.2, -0.15) is 0 Å². The number of sulfonamides is 1. The molecule has 0 aliphatic rings. The molecule has 0 aliphatic carbocycles. The van der Waals surface area contributed by atoms with E-state index in [1.165, 1.54) is 0 Å². The molecular weight excluding hydrogens is 290 g/mol. The van der Waals surface area contributed by atoms with Crippen LogP contribution in [0, 0.1) is 0 Å². The zero-order valence-corrected chi connectivity index (χ0v) is 12.6. The van der Waals surface area contributed by atoms with Crippen molar-refractivity contribution in [2.75, 3.05) is 12.0 Å². The molecule has 0 bridgehead atoms. The van der Waals surface area contributed by atoms with Crippen molar-refractivity contribution in [3.63, 3.8) is 0 Å². The van der Waals surface area contributed by atoms with Crippen LogP contribution >= 0.6 is 11.8 Å². The van der Waals surface area contributed by atoms with E-state index in [2.05, 4.69) is 9.71 Å². The van der Waals surface area contributed by atoms with Crippen LogP contribution in [0.15, 0.2) is 17.6 Å². The van der Waals surface area contributed by atoms with Crippen molar-refractivity contribution in [1.29, 1.82) is 0 Å². The maximum absolute atomic E-state index is 11.3. The summed E-state index contributed by atoms with van der Waals surface area (Å²) in [5.74, 6) is -1.01. The van der Waals surface area contributed by atoms with Crippen LogP contribution in [0.3, 0.4) is 0 Å². The van der Waals surface area contributed by atoms with Gasteiger partial charge in [0.05, 0.1) is 12.0 Å². The molecule has 7 nitrogen and oxygen atoms in total. The van der Waals surface area contributed by atoms with E-state index in [0.717, 1.165) is 18.0 Å². The van der Waals surface area contributed by atoms with E-state index >= 15 is 0 Å². The summed E-state index contributed by atoms with van der Waals surface area (Å²) >= 11 is 1.10. The van der Waals surface area contributed by atoms with Gasteiger partial charge in [0.15, 0.2) is 5.16 Å². The van der Waals surface area contributed by atoms with Gasteiger partial charge in [0.1, 0.15) is 0 Å². The van der Waals surface area contributed by atoms with E-state index in [1.807, 2.05) is 0 Å². The highest BCUT2D eigenvalue weighted by atomic mass is 32.2. The number of hydrogen-bond acceptors (Lipinski definition) is 5. The van der Waals surface area contributed by atoms with Crippen LogP contribution in [0.4, 0.5) is 0 Å². The molecule has 0 amide bonds. The first-order valence-corrected chi connectivity index (χ1v) is 8.31. The number of thioether (sulfide) groups is 1. The number of nitrogens with one attached hydrogen (secondary N) is 1. The van der Waals surface area contributed by atoms with Gasteiger partial charge in [0.2, 0.25) is 10.0 Å². The predicted molar refractivity (Wildman–Crippen MR) is 72.6 cm³/mol. The highest BCUT2D eigenvalue weighted by molar-refractivity contribution is 7.99. The number of hydrogen-bond donors (Lipinski definition) is 2. The van der Waals surface area contributed by atoms with Crippen molar-refractivity contribution in [1.82, 2.24) is 14.3 Å². The zero-order valence-electron chi connectivity index (χ0n) is 11.0. The number of carbonyl (C=O) groups is 1. The Labute approximate surface area is 116 Å². The third kappa shape index (κ3) is 6.08. The van der Waals surface area contributed by atoms with E-state index in [9.17, 15) is 13.2 Å². The van der Waals surface area contributed by atoms with Crippen molar-refractivity contribution in [2.24, 2.45) is 0 Å². The number of aliphatic carboxylic acids is 1. The fourth-order valence-corrected chi connectivity index (χ4v) is 3.39. The van der Waals surface area contributed by atoms with Gasteiger partial charge in [-0.05, 0) is 13.8 Å². The summed E-state index contributed by atoms with van der Waals surface area (Å²) in [5.41, 5.74) is -0.688. The Kier molecular flexibility index (Phi) is 4.99. The quantitative estimate of drug-likeness (QED) is 0.707. The molecule has 1 aromatic rings. The number of rotatable bonds is 7. The van der Waals surface area contributed by atoms with Gasteiger partial charge < -0.3 is 9.67 Å². The molecule has 0 saturated heterocycles. The third-order valence-electron chi connectivity index (χ3n) is 2.03. The van der Waals surface area contributed by atoms with Gasteiger partial charge in [-0.25, -0.2) is 18.1 Å². The Morgan fingerprint density at radius 1 is 1.58 bits per heavy atom. The van der Waals surface area contributed by atoms with Crippen LogP contribution in [0.2, 0.25) is 0 Å². The molecule has 1 aromatic heterocycles. The Morgan fingerprint density at radius 3 is 2.74 bits per heavy atom. The molecular formula is C10H17N3O4S2. The van der Waals surface area contributed by atoms with Crippen molar-refractivity contribution < 1.29 is 18.3 Å². The Bertz CT molecular complexity index is 551. The molecule has 2 N–H and O–H groups in total. The SMILES string of the molecule is CC(C)(Cn1ccnc1SCC(=O)O)NS(C)(=O)=O. The van der Waals surface area contributed by atoms with Crippen molar-refractivity contribution in [3.8, 4) is 0 Å². The van der Waals surface area contributed by atoms with Crippen molar-refractivity contribution in [3.05, 3.63) is 12.4 Å². The molecule has 0 atom stereocenters. The summed E-state index contributed by atoms with van der Waals surface area (Å²) in [5, 5.41) is 9.19. The van der Waals surface area contributed by atoms with Crippen LogP contribution in [0.1, 0.15) is 13.8 Å². The molecule has 19 heavy (non-hydrogen) atoms. The highest BCUT2D eigenvalue weighted by Gasteiger charge is 2.23. The topological polar surface area (TPSA) is 101 Å². The second kappa shape index (κ2) is 5.93. The third-order valence-corrected chi connectivity index (χ3v) is 3.94. The van der Waals surface area contributed by atoms with Crippen molar-refractivity contribution >= 4 is 27.8 Å². The standard InChI is InChI=1S/C10H17N3O4S2/c1-10(2,12-19(3,16)17)7-13-5-4-11-9(13)18-6-8(14)15/h4-5,12H,6-7H2,1-3H3,(H,14,15). The molecule has 108 valence electrons.